The summed E-state index contributed by atoms with van der Waals surface area (Å²) < 4.78 is 3.76. The Morgan fingerprint density at radius 1 is 1.04 bits per heavy atom. The molecule has 5 heterocycles. The molecular weight excluding hydrogens is 316 g/mol. The van der Waals surface area contributed by atoms with Crippen molar-refractivity contribution in [2.24, 2.45) is 0 Å². The molecule has 0 amide bonds. The number of aromatic nitrogens is 7. The highest BCUT2D eigenvalue weighted by Gasteiger charge is 2.26. The molecule has 0 aliphatic carbocycles. The number of nitrogens with zero attached hydrogens (tertiary/aromatic N) is 8. The van der Waals surface area contributed by atoms with Gasteiger partial charge in [0.1, 0.15) is 5.52 Å². The van der Waals surface area contributed by atoms with Gasteiger partial charge in [0.25, 0.3) is 0 Å². The quantitative estimate of drug-likeness (QED) is 0.557. The number of hydrogen-bond donors (Lipinski definition) is 0. The van der Waals surface area contributed by atoms with Crippen molar-refractivity contribution in [3.8, 4) is 0 Å². The van der Waals surface area contributed by atoms with Gasteiger partial charge in [0.15, 0.2) is 17.3 Å². The molecule has 8 heteroatoms. The van der Waals surface area contributed by atoms with Gasteiger partial charge in [-0.05, 0) is 38.0 Å². The highest BCUT2D eigenvalue weighted by molar-refractivity contribution is 5.68. The normalized spacial score (nSPS) is 16.1. The summed E-state index contributed by atoms with van der Waals surface area (Å²) in [7, 11) is 0. The zero-order valence-electron chi connectivity index (χ0n) is 13.9. The smallest absolute Gasteiger partial charge is 0.177 e. The van der Waals surface area contributed by atoms with Crippen LogP contribution in [-0.2, 0) is 0 Å². The second kappa shape index (κ2) is 5.51. The summed E-state index contributed by atoms with van der Waals surface area (Å²) in [5.41, 5.74) is 2.84. The average molecular weight is 334 g/mol. The van der Waals surface area contributed by atoms with E-state index in [9.17, 15) is 0 Å². The van der Waals surface area contributed by atoms with Gasteiger partial charge in [0.2, 0.25) is 0 Å². The van der Waals surface area contributed by atoms with E-state index in [1.54, 1.807) is 6.20 Å². The van der Waals surface area contributed by atoms with Crippen molar-refractivity contribution in [1.82, 2.24) is 34.4 Å². The molecule has 1 aliphatic heterocycles. The third kappa shape index (κ3) is 2.33. The van der Waals surface area contributed by atoms with E-state index < -0.39 is 0 Å². The Hall–Kier alpha value is -3.03. The molecule has 0 unspecified atom stereocenters. The largest absolute Gasteiger partial charge is 0.355 e. The van der Waals surface area contributed by atoms with E-state index in [1.807, 2.05) is 46.5 Å². The molecule has 1 saturated heterocycles. The van der Waals surface area contributed by atoms with Gasteiger partial charge in [-0.1, -0.05) is 0 Å². The summed E-state index contributed by atoms with van der Waals surface area (Å²) in [6.45, 7) is 3.86. The van der Waals surface area contributed by atoms with E-state index in [0.29, 0.717) is 5.92 Å². The first-order valence-corrected chi connectivity index (χ1v) is 8.52. The first-order chi connectivity index (χ1) is 12.3. The second-order valence-electron chi connectivity index (χ2n) is 6.48. The Bertz CT molecular complexity index is 1040. The maximum absolute atomic E-state index is 4.58. The predicted octanol–water partition coefficient (Wildman–Crippen LogP) is 1.86. The van der Waals surface area contributed by atoms with Crippen molar-refractivity contribution in [3.63, 3.8) is 0 Å². The number of fused-ring (bicyclic) bond motifs is 2. The molecule has 0 saturated carbocycles. The van der Waals surface area contributed by atoms with Crippen LogP contribution in [0.25, 0.3) is 11.2 Å². The minimum absolute atomic E-state index is 0.366. The molecule has 1 fully saturated rings. The Balaban J connectivity index is 1.41. The third-order valence-corrected chi connectivity index (χ3v) is 4.88. The van der Waals surface area contributed by atoms with Crippen molar-refractivity contribution in [2.75, 3.05) is 18.0 Å². The van der Waals surface area contributed by atoms with Crippen LogP contribution in [0.15, 0.2) is 36.8 Å². The Kier molecular flexibility index (Phi) is 3.16. The first kappa shape index (κ1) is 14.3. The Morgan fingerprint density at radius 2 is 1.92 bits per heavy atom. The lowest BCUT2D eigenvalue weighted by atomic mass is 9.96. The van der Waals surface area contributed by atoms with Crippen molar-refractivity contribution in [2.45, 2.75) is 25.7 Å². The molecular formula is C17H18N8. The van der Waals surface area contributed by atoms with Crippen LogP contribution in [0.4, 0.5) is 5.82 Å². The van der Waals surface area contributed by atoms with Gasteiger partial charge < -0.3 is 4.90 Å². The monoisotopic (exact) mass is 334 g/mol. The van der Waals surface area contributed by atoms with E-state index in [-0.39, 0.29) is 0 Å². The zero-order valence-corrected chi connectivity index (χ0v) is 13.9. The van der Waals surface area contributed by atoms with E-state index >= 15 is 0 Å². The fraction of sp³-hybridized carbons (Fsp3) is 0.353. The number of hydrogen-bond acceptors (Lipinski definition) is 6. The molecule has 5 rings (SSSR count). The van der Waals surface area contributed by atoms with E-state index in [1.165, 1.54) is 0 Å². The molecule has 0 aromatic carbocycles. The molecule has 0 radical (unpaired) electrons. The van der Waals surface area contributed by atoms with Crippen LogP contribution >= 0.6 is 0 Å². The van der Waals surface area contributed by atoms with Crippen LogP contribution in [-0.4, -0.2) is 47.5 Å². The predicted molar refractivity (Wildman–Crippen MR) is 92.7 cm³/mol. The number of aryl methyl sites for hydroxylation is 1. The molecule has 0 N–H and O–H groups in total. The summed E-state index contributed by atoms with van der Waals surface area (Å²) >= 11 is 0. The molecule has 0 bridgehead atoms. The minimum Gasteiger partial charge on any atom is -0.355 e. The lowest BCUT2D eigenvalue weighted by Crippen LogP contribution is -2.34. The van der Waals surface area contributed by atoms with Crippen LogP contribution < -0.4 is 4.90 Å². The standard InChI is InChI=1S/C17H18N8/c1-12-2-3-15-20-21-16(25(15)22-12)13-5-9-23(10-6-13)17-14-4-7-19-24(14)11-8-18-17/h2-4,7-8,11,13H,5-6,9-10H2,1H3. The first-order valence-electron chi connectivity index (χ1n) is 8.52. The highest BCUT2D eigenvalue weighted by atomic mass is 15.4. The maximum atomic E-state index is 4.58. The van der Waals surface area contributed by atoms with Gasteiger partial charge in [-0.25, -0.2) is 9.50 Å². The highest BCUT2D eigenvalue weighted by Crippen LogP contribution is 2.30. The Morgan fingerprint density at radius 3 is 2.80 bits per heavy atom. The summed E-state index contributed by atoms with van der Waals surface area (Å²) in [6.07, 6.45) is 7.51. The SMILES string of the molecule is Cc1ccc2nnc(C3CCN(c4nccn5nccc45)CC3)n2n1. The van der Waals surface area contributed by atoms with E-state index in [2.05, 4.69) is 30.3 Å². The van der Waals surface area contributed by atoms with Crippen molar-refractivity contribution >= 4 is 17.0 Å². The summed E-state index contributed by atoms with van der Waals surface area (Å²) in [5.74, 6) is 2.33. The minimum atomic E-state index is 0.366. The molecule has 4 aromatic heterocycles. The maximum Gasteiger partial charge on any atom is 0.177 e. The van der Waals surface area contributed by atoms with Crippen LogP contribution in [0.1, 0.15) is 30.3 Å². The van der Waals surface area contributed by atoms with Gasteiger partial charge in [-0.2, -0.15) is 14.7 Å². The lowest BCUT2D eigenvalue weighted by Gasteiger charge is -2.32. The van der Waals surface area contributed by atoms with Crippen LogP contribution in [0.5, 0.6) is 0 Å². The topological polar surface area (TPSA) is 76.5 Å². The summed E-state index contributed by atoms with van der Waals surface area (Å²) in [6, 6.07) is 5.94. The van der Waals surface area contributed by atoms with Crippen LogP contribution in [0, 0.1) is 6.92 Å². The van der Waals surface area contributed by atoms with Crippen molar-refractivity contribution in [3.05, 3.63) is 48.3 Å². The van der Waals surface area contributed by atoms with Gasteiger partial charge >= 0.3 is 0 Å². The fourth-order valence-corrected chi connectivity index (χ4v) is 3.59. The number of rotatable bonds is 2. The lowest BCUT2D eigenvalue weighted by molar-refractivity contribution is 0.475. The summed E-state index contributed by atoms with van der Waals surface area (Å²) in [5, 5.41) is 17.5. The van der Waals surface area contributed by atoms with Crippen molar-refractivity contribution < 1.29 is 0 Å². The van der Waals surface area contributed by atoms with E-state index in [4.69, 9.17) is 0 Å². The Labute approximate surface area is 144 Å². The van der Waals surface area contributed by atoms with Crippen LogP contribution in [0.2, 0.25) is 0 Å². The summed E-state index contributed by atoms with van der Waals surface area (Å²) in [4.78, 5) is 6.90. The van der Waals surface area contributed by atoms with Gasteiger partial charge in [-0.3, -0.25) is 0 Å². The molecule has 126 valence electrons. The second-order valence-corrected chi connectivity index (χ2v) is 6.48. The average Bonchev–Trinajstić information content (AvgIpc) is 3.28. The molecule has 4 aromatic rings. The van der Waals surface area contributed by atoms with Gasteiger partial charge in [0.05, 0.1) is 11.9 Å². The molecule has 1 aliphatic rings. The van der Waals surface area contributed by atoms with Crippen molar-refractivity contribution in [1.29, 1.82) is 0 Å². The van der Waals surface area contributed by atoms with Gasteiger partial charge in [-0.15, -0.1) is 10.2 Å². The molecule has 0 atom stereocenters. The molecule has 0 spiro atoms. The van der Waals surface area contributed by atoms with Gasteiger partial charge in [0, 0.05) is 31.4 Å². The van der Waals surface area contributed by atoms with E-state index in [0.717, 1.165) is 54.4 Å². The van der Waals surface area contributed by atoms with Crippen LogP contribution in [0.3, 0.4) is 0 Å². The molecule has 25 heavy (non-hydrogen) atoms. The number of piperidine rings is 1. The molecule has 8 nitrogen and oxygen atoms in total. The fourth-order valence-electron chi connectivity index (χ4n) is 3.59. The zero-order chi connectivity index (χ0) is 16.8. The number of anilines is 1. The third-order valence-electron chi connectivity index (χ3n) is 4.88.